The lowest BCUT2D eigenvalue weighted by Crippen LogP contribution is -2.15. The van der Waals surface area contributed by atoms with E-state index in [1.165, 1.54) is 12.1 Å². The van der Waals surface area contributed by atoms with Crippen LogP contribution in [0.5, 0.6) is 11.5 Å². The maximum absolute atomic E-state index is 11.1. The topological polar surface area (TPSA) is 105 Å². The van der Waals surface area contributed by atoms with E-state index in [4.69, 9.17) is 9.47 Å². The van der Waals surface area contributed by atoms with Crippen LogP contribution in [-0.4, -0.2) is 23.1 Å². The molecule has 1 heterocycles. The van der Waals surface area contributed by atoms with Crippen LogP contribution in [0.15, 0.2) is 46.2 Å². The smallest absolute Gasteiger partial charge is 0.290 e. The molecule has 0 saturated heterocycles. The predicted octanol–water partition coefficient (Wildman–Crippen LogP) is 3.43. The second kappa shape index (κ2) is 6.13. The molecule has 9 heteroatoms. The highest BCUT2D eigenvalue weighted by Gasteiger charge is 2.21. The maximum Gasteiger partial charge on any atom is 0.290 e. The molecule has 0 N–H and O–H groups in total. The van der Waals surface area contributed by atoms with E-state index >= 15 is 0 Å². The van der Waals surface area contributed by atoms with Crippen LogP contribution >= 0.6 is 11.8 Å². The van der Waals surface area contributed by atoms with Crippen LogP contribution in [-0.2, 0) is 0 Å². The van der Waals surface area contributed by atoms with Crippen molar-refractivity contribution in [2.24, 2.45) is 0 Å². The molecule has 23 heavy (non-hydrogen) atoms. The Kier molecular flexibility index (Phi) is 4.02. The van der Waals surface area contributed by atoms with E-state index in [0.717, 1.165) is 17.8 Å². The van der Waals surface area contributed by atoms with Crippen molar-refractivity contribution >= 4 is 23.1 Å². The van der Waals surface area contributed by atoms with Crippen LogP contribution in [0.25, 0.3) is 0 Å². The third-order valence-corrected chi connectivity index (χ3v) is 4.15. The zero-order valence-corrected chi connectivity index (χ0v) is 12.4. The van der Waals surface area contributed by atoms with Gasteiger partial charge in [0.15, 0.2) is 11.5 Å². The number of rotatable bonds is 4. The van der Waals surface area contributed by atoms with E-state index in [9.17, 15) is 20.2 Å². The molecule has 8 nitrogen and oxygen atoms in total. The third-order valence-electron chi connectivity index (χ3n) is 3.09. The van der Waals surface area contributed by atoms with Gasteiger partial charge in [0.25, 0.3) is 11.4 Å². The number of nitro groups is 2. The van der Waals surface area contributed by atoms with E-state index in [2.05, 4.69) is 0 Å². The molecule has 2 aromatic rings. The molecule has 1 aliphatic rings. The summed E-state index contributed by atoms with van der Waals surface area (Å²) in [7, 11) is 0. The number of nitrogens with zero attached hydrogens (tertiary/aromatic N) is 2. The molecule has 0 aliphatic carbocycles. The molecule has 0 fully saturated rings. The molecule has 2 aromatic carbocycles. The molecule has 0 radical (unpaired) electrons. The lowest BCUT2D eigenvalue weighted by molar-refractivity contribution is -0.396. The molecule has 1 aliphatic heterocycles. The largest absolute Gasteiger partial charge is 0.486 e. The summed E-state index contributed by atoms with van der Waals surface area (Å²) in [5.74, 6) is 1.20. The molecule has 0 bridgehead atoms. The van der Waals surface area contributed by atoms with Gasteiger partial charge in [-0.3, -0.25) is 20.2 Å². The van der Waals surface area contributed by atoms with Crippen LogP contribution < -0.4 is 9.47 Å². The number of fused-ring (bicyclic) bond motifs is 1. The van der Waals surface area contributed by atoms with Crippen molar-refractivity contribution in [2.45, 2.75) is 9.79 Å². The Morgan fingerprint density at radius 3 is 2.35 bits per heavy atom. The summed E-state index contributed by atoms with van der Waals surface area (Å²) in [6, 6.07) is 8.78. The summed E-state index contributed by atoms with van der Waals surface area (Å²) in [4.78, 5) is 21.6. The van der Waals surface area contributed by atoms with Crippen molar-refractivity contribution in [3.8, 4) is 11.5 Å². The first-order chi connectivity index (χ1) is 11.0. The fourth-order valence-electron chi connectivity index (χ4n) is 2.06. The van der Waals surface area contributed by atoms with Gasteiger partial charge in [-0.15, -0.1) is 0 Å². The molecule has 118 valence electrons. The molecular weight excluding hydrogens is 324 g/mol. The number of hydrogen-bond donors (Lipinski definition) is 0. The van der Waals surface area contributed by atoms with Gasteiger partial charge >= 0.3 is 0 Å². The van der Waals surface area contributed by atoms with Gasteiger partial charge in [-0.2, -0.15) is 0 Å². The maximum atomic E-state index is 11.1. The van der Waals surface area contributed by atoms with Crippen molar-refractivity contribution in [3.63, 3.8) is 0 Å². The third kappa shape index (κ3) is 3.19. The van der Waals surface area contributed by atoms with Gasteiger partial charge in [-0.05, 0) is 24.3 Å². The second-order valence-electron chi connectivity index (χ2n) is 4.57. The van der Waals surface area contributed by atoms with E-state index < -0.39 is 9.85 Å². The Morgan fingerprint density at radius 1 is 0.913 bits per heavy atom. The van der Waals surface area contributed by atoms with Crippen molar-refractivity contribution in [1.82, 2.24) is 0 Å². The lowest BCUT2D eigenvalue weighted by atomic mass is 10.3. The average Bonchev–Trinajstić information content (AvgIpc) is 2.54. The fraction of sp³-hybridized carbons (Fsp3) is 0.143. The Bertz CT molecular complexity index is 795. The van der Waals surface area contributed by atoms with E-state index in [1.54, 1.807) is 18.2 Å². The van der Waals surface area contributed by atoms with Crippen molar-refractivity contribution in [2.75, 3.05) is 13.2 Å². The standard InChI is InChI=1S/C14H10N2O6S/c17-15(18)9-1-4-14(11(7-9)16(19)20)23-10-2-3-12-13(8-10)22-6-5-21-12/h1-4,7-8H,5-6H2. The van der Waals surface area contributed by atoms with Gasteiger partial charge in [0, 0.05) is 11.0 Å². The summed E-state index contributed by atoms with van der Waals surface area (Å²) in [6.07, 6.45) is 0. The zero-order valence-electron chi connectivity index (χ0n) is 11.6. The zero-order chi connectivity index (χ0) is 16.4. The Morgan fingerprint density at radius 2 is 1.65 bits per heavy atom. The van der Waals surface area contributed by atoms with Crippen LogP contribution in [0, 0.1) is 20.2 Å². The predicted molar refractivity (Wildman–Crippen MR) is 81.3 cm³/mol. The molecule has 0 amide bonds. The van der Waals surface area contributed by atoms with Crippen LogP contribution in [0.3, 0.4) is 0 Å². The van der Waals surface area contributed by atoms with Gasteiger partial charge < -0.3 is 9.47 Å². The minimum atomic E-state index is -0.661. The molecule has 3 rings (SSSR count). The van der Waals surface area contributed by atoms with Crippen molar-refractivity contribution in [1.29, 1.82) is 0 Å². The summed E-state index contributed by atoms with van der Waals surface area (Å²) >= 11 is 1.14. The van der Waals surface area contributed by atoms with E-state index in [1.807, 2.05) is 0 Å². The lowest BCUT2D eigenvalue weighted by Gasteiger charge is -2.18. The molecule has 0 spiro atoms. The number of ether oxygens (including phenoxy) is 2. The van der Waals surface area contributed by atoms with Gasteiger partial charge in [0.1, 0.15) is 13.2 Å². The van der Waals surface area contributed by atoms with E-state index in [-0.39, 0.29) is 11.4 Å². The fourth-order valence-corrected chi connectivity index (χ4v) is 2.99. The van der Waals surface area contributed by atoms with Crippen LogP contribution in [0.2, 0.25) is 0 Å². The Labute approximate surface area is 134 Å². The van der Waals surface area contributed by atoms with Gasteiger partial charge in [0.05, 0.1) is 20.8 Å². The summed E-state index contributed by atoms with van der Waals surface area (Å²) in [6.45, 7) is 0.923. The highest BCUT2D eigenvalue weighted by molar-refractivity contribution is 7.99. The van der Waals surface area contributed by atoms with Gasteiger partial charge in [-0.1, -0.05) is 11.8 Å². The Hall–Kier alpha value is -2.81. The molecule has 0 unspecified atom stereocenters. The van der Waals surface area contributed by atoms with Crippen LogP contribution in [0.4, 0.5) is 11.4 Å². The first-order valence-corrected chi connectivity index (χ1v) is 7.36. The van der Waals surface area contributed by atoms with Gasteiger partial charge in [-0.25, -0.2) is 0 Å². The highest BCUT2D eigenvalue weighted by atomic mass is 32.2. The van der Waals surface area contributed by atoms with Crippen molar-refractivity contribution in [3.05, 3.63) is 56.6 Å². The monoisotopic (exact) mass is 334 g/mol. The SMILES string of the molecule is O=[N+]([O-])c1ccc(Sc2ccc3c(c2)OCCO3)c([N+](=O)[O-])c1. The summed E-state index contributed by atoms with van der Waals surface area (Å²) in [5.41, 5.74) is -0.623. The number of non-ortho nitro benzene ring substituents is 1. The van der Waals surface area contributed by atoms with Gasteiger partial charge in [0.2, 0.25) is 0 Å². The molecule has 0 aromatic heterocycles. The van der Waals surface area contributed by atoms with Crippen LogP contribution in [0.1, 0.15) is 0 Å². The summed E-state index contributed by atoms with van der Waals surface area (Å²) in [5, 5.41) is 21.9. The Balaban J connectivity index is 1.93. The van der Waals surface area contributed by atoms with E-state index in [0.29, 0.717) is 34.5 Å². The number of benzene rings is 2. The first-order valence-electron chi connectivity index (χ1n) is 6.55. The summed E-state index contributed by atoms with van der Waals surface area (Å²) < 4.78 is 10.9. The molecule has 0 saturated carbocycles. The molecular formula is C14H10N2O6S. The minimum absolute atomic E-state index is 0.306. The quantitative estimate of drug-likeness (QED) is 0.623. The normalized spacial score (nSPS) is 12.7. The first kappa shape index (κ1) is 15.1. The number of nitro benzene ring substituents is 2. The molecule has 0 atom stereocenters. The highest BCUT2D eigenvalue weighted by Crippen LogP contribution is 2.40. The minimum Gasteiger partial charge on any atom is -0.486 e. The number of hydrogen-bond acceptors (Lipinski definition) is 7. The average molecular weight is 334 g/mol. The second-order valence-corrected chi connectivity index (χ2v) is 5.69. The van der Waals surface area contributed by atoms with Crippen molar-refractivity contribution < 1.29 is 19.3 Å².